The molecule has 2 aromatic rings. The molecule has 0 radical (unpaired) electrons. The van der Waals surface area contributed by atoms with Crippen molar-refractivity contribution >= 4 is 17.6 Å². The quantitative estimate of drug-likeness (QED) is 0.448. The van der Waals surface area contributed by atoms with Gasteiger partial charge in [-0.2, -0.15) is 13.2 Å². The first-order valence-corrected chi connectivity index (χ1v) is 7.44. The van der Waals surface area contributed by atoms with Crippen LogP contribution in [-0.4, -0.2) is 30.3 Å². The van der Waals surface area contributed by atoms with E-state index in [0.29, 0.717) is 18.2 Å². The van der Waals surface area contributed by atoms with Crippen LogP contribution in [0.1, 0.15) is 17.5 Å². The Bertz CT molecular complexity index is 823. The second kappa shape index (κ2) is 7.64. The van der Waals surface area contributed by atoms with Crippen LogP contribution in [-0.2, 0) is 9.53 Å². The summed E-state index contributed by atoms with van der Waals surface area (Å²) in [5.41, 5.74) is -4.74. The van der Waals surface area contributed by atoms with Crippen LogP contribution in [0.2, 0.25) is 0 Å². The van der Waals surface area contributed by atoms with Crippen molar-refractivity contribution in [1.82, 2.24) is 5.32 Å². The highest BCUT2D eigenvalue weighted by molar-refractivity contribution is 5.97. The molecule has 11 heteroatoms. The Morgan fingerprint density at radius 2 is 1.89 bits per heavy atom. The lowest BCUT2D eigenvalue weighted by Gasteiger charge is -2.35. The van der Waals surface area contributed by atoms with Crippen molar-refractivity contribution in [3.05, 3.63) is 54.0 Å². The van der Waals surface area contributed by atoms with Crippen molar-refractivity contribution in [2.24, 2.45) is 0 Å². The number of halogens is 5. The number of hydrogen-bond acceptors (Lipinski definition) is 5. The van der Waals surface area contributed by atoms with Crippen LogP contribution in [0.3, 0.4) is 0 Å². The highest BCUT2D eigenvalue weighted by Gasteiger charge is 2.64. The molecule has 1 heterocycles. The molecule has 6 nitrogen and oxygen atoms in total. The van der Waals surface area contributed by atoms with Crippen LogP contribution in [0.5, 0.6) is 0 Å². The Labute approximate surface area is 149 Å². The van der Waals surface area contributed by atoms with Gasteiger partial charge in [0.15, 0.2) is 5.76 Å². The van der Waals surface area contributed by atoms with Crippen LogP contribution in [0.15, 0.2) is 41.0 Å². The second-order valence-electron chi connectivity index (χ2n) is 5.15. The summed E-state index contributed by atoms with van der Waals surface area (Å²) in [7, 11) is 0. The summed E-state index contributed by atoms with van der Waals surface area (Å²) < 4.78 is 77.6. The van der Waals surface area contributed by atoms with Gasteiger partial charge in [-0.05, 0) is 31.2 Å². The molecule has 2 rings (SSSR count). The van der Waals surface area contributed by atoms with Gasteiger partial charge < -0.3 is 19.8 Å². The van der Waals surface area contributed by atoms with E-state index in [1.165, 1.54) is 18.3 Å². The van der Waals surface area contributed by atoms with Crippen molar-refractivity contribution in [2.75, 3.05) is 11.9 Å². The molecule has 146 valence electrons. The number of furan rings is 1. The Morgan fingerprint density at radius 1 is 1.19 bits per heavy atom. The van der Waals surface area contributed by atoms with E-state index >= 15 is 0 Å². The van der Waals surface area contributed by atoms with Crippen LogP contribution in [0.25, 0.3) is 0 Å². The van der Waals surface area contributed by atoms with E-state index in [2.05, 4.69) is 4.74 Å². The van der Waals surface area contributed by atoms with Crippen LogP contribution in [0, 0.1) is 11.6 Å². The first kappa shape index (κ1) is 20.2. The standard InChI is InChI=1S/C16H13F5N2O4/c1-2-26-14(25)15(16(19,20)21,23-13(24)12-4-3-7-27-12)22-11-6-5-9(17)8-10(11)18/h3-8,22H,2H2,1H3,(H,23,24)/t15-/m1/s1. The van der Waals surface area contributed by atoms with Gasteiger partial charge in [-0.3, -0.25) is 4.79 Å². The number of carbonyl (C=O) groups is 2. The molecule has 0 bridgehead atoms. The third kappa shape index (κ3) is 4.18. The van der Waals surface area contributed by atoms with E-state index < -0.39 is 53.4 Å². The lowest BCUT2D eigenvalue weighted by atomic mass is 10.1. The Morgan fingerprint density at radius 3 is 2.41 bits per heavy atom. The second-order valence-corrected chi connectivity index (χ2v) is 5.15. The lowest BCUT2D eigenvalue weighted by molar-refractivity contribution is -0.204. The van der Waals surface area contributed by atoms with Crippen molar-refractivity contribution < 1.29 is 40.7 Å². The van der Waals surface area contributed by atoms with Gasteiger partial charge in [-0.1, -0.05) is 0 Å². The van der Waals surface area contributed by atoms with Gasteiger partial charge in [0, 0.05) is 6.07 Å². The smallest absolute Gasteiger partial charge is 0.441 e. The number of ether oxygens (including phenoxy) is 1. The highest BCUT2D eigenvalue weighted by atomic mass is 19.4. The molecule has 0 aliphatic carbocycles. The van der Waals surface area contributed by atoms with E-state index in [1.807, 2.05) is 0 Å². The number of benzene rings is 1. The van der Waals surface area contributed by atoms with Gasteiger partial charge in [0.25, 0.3) is 5.91 Å². The Hall–Kier alpha value is -3.11. The highest BCUT2D eigenvalue weighted by Crippen LogP contribution is 2.34. The zero-order valence-electron chi connectivity index (χ0n) is 13.7. The van der Waals surface area contributed by atoms with Crippen LogP contribution >= 0.6 is 0 Å². The minimum absolute atomic E-state index is 0.309. The third-order valence-corrected chi connectivity index (χ3v) is 3.31. The van der Waals surface area contributed by atoms with Crippen molar-refractivity contribution in [1.29, 1.82) is 0 Å². The fourth-order valence-corrected chi connectivity index (χ4v) is 2.06. The Balaban J connectivity index is 2.53. The molecule has 0 aliphatic rings. The fraction of sp³-hybridized carbons (Fsp3) is 0.250. The first-order valence-electron chi connectivity index (χ1n) is 7.44. The molecule has 0 spiro atoms. The maximum atomic E-state index is 13.9. The number of nitrogens with one attached hydrogen (secondary N) is 2. The average Bonchev–Trinajstić information content (AvgIpc) is 3.10. The van der Waals surface area contributed by atoms with Crippen molar-refractivity contribution in [3.8, 4) is 0 Å². The summed E-state index contributed by atoms with van der Waals surface area (Å²) in [4.78, 5) is 24.3. The number of anilines is 1. The maximum absolute atomic E-state index is 13.9. The number of amides is 1. The summed E-state index contributed by atoms with van der Waals surface area (Å²) in [6.45, 7) is 0.784. The van der Waals surface area contributed by atoms with Gasteiger partial charge in [0.05, 0.1) is 18.6 Å². The largest absolute Gasteiger partial charge is 0.463 e. The molecule has 27 heavy (non-hydrogen) atoms. The van der Waals surface area contributed by atoms with E-state index in [-0.39, 0.29) is 0 Å². The van der Waals surface area contributed by atoms with Crippen molar-refractivity contribution in [3.63, 3.8) is 0 Å². The molecular formula is C16H13F5N2O4. The van der Waals surface area contributed by atoms with Crippen LogP contribution < -0.4 is 10.6 Å². The predicted octanol–water partition coefficient (Wildman–Crippen LogP) is 3.22. The van der Waals surface area contributed by atoms with E-state index in [9.17, 15) is 31.5 Å². The molecule has 1 aromatic heterocycles. The molecule has 1 aromatic carbocycles. The number of alkyl halides is 3. The summed E-state index contributed by atoms with van der Waals surface area (Å²) in [5, 5.41) is 3.03. The molecule has 2 N–H and O–H groups in total. The number of rotatable bonds is 6. The maximum Gasteiger partial charge on any atom is 0.441 e. The predicted molar refractivity (Wildman–Crippen MR) is 81.6 cm³/mol. The number of carbonyl (C=O) groups excluding carboxylic acids is 2. The molecule has 1 amide bonds. The van der Waals surface area contributed by atoms with Gasteiger partial charge in [-0.15, -0.1) is 0 Å². The normalized spacial score (nSPS) is 13.6. The topological polar surface area (TPSA) is 80.6 Å². The fourth-order valence-electron chi connectivity index (χ4n) is 2.06. The summed E-state index contributed by atoms with van der Waals surface area (Å²) in [6.07, 6.45) is -4.44. The first-order chi connectivity index (χ1) is 12.6. The number of esters is 1. The van der Waals surface area contributed by atoms with Gasteiger partial charge in [0.1, 0.15) is 11.6 Å². The minimum atomic E-state index is -5.47. The molecule has 0 saturated heterocycles. The van der Waals surface area contributed by atoms with E-state index in [0.717, 1.165) is 12.3 Å². The molecule has 0 aliphatic heterocycles. The Kier molecular flexibility index (Phi) is 5.72. The summed E-state index contributed by atoms with van der Waals surface area (Å²) >= 11 is 0. The molecule has 0 unspecified atom stereocenters. The zero-order valence-corrected chi connectivity index (χ0v) is 13.7. The zero-order chi connectivity index (χ0) is 20.2. The molecular weight excluding hydrogens is 379 g/mol. The van der Waals surface area contributed by atoms with Gasteiger partial charge in [0.2, 0.25) is 0 Å². The number of hydrogen-bond donors (Lipinski definition) is 2. The lowest BCUT2D eigenvalue weighted by Crippen LogP contribution is -2.69. The average molecular weight is 392 g/mol. The minimum Gasteiger partial charge on any atom is -0.463 e. The van der Waals surface area contributed by atoms with E-state index in [4.69, 9.17) is 4.42 Å². The van der Waals surface area contributed by atoms with Crippen LogP contribution in [0.4, 0.5) is 27.6 Å². The van der Waals surface area contributed by atoms with Gasteiger partial charge in [-0.25, -0.2) is 13.6 Å². The van der Waals surface area contributed by atoms with E-state index in [1.54, 1.807) is 5.32 Å². The van der Waals surface area contributed by atoms with Gasteiger partial charge >= 0.3 is 17.8 Å². The molecule has 0 saturated carbocycles. The molecule has 1 atom stereocenters. The monoisotopic (exact) mass is 392 g/mol. The summed E-state index contributed by atoms with van der Waals surface area (Å²) in [5.74, 6) is -6.36. The summed E-state index contributed by atoms with van der Waals surface area (Å²) in [6, 6.07) is 3.92. The van der Waals surface area contributed by atoms with Crippen molar-refractivity contribution in [2.45, 2.75) is 18.8 Å². The SMILES string of the molecule is CCOC(=O)[C@](NC(=O)c1ccco1)(Nc1ccc(F)cc1F)C(F)(F)F. The third-order valence-electron chi connectivity index (χ3n) is 3.31. The molecule has 0 fully saturated rings.